The van der Waals surface area contributed by atoms with E-state index in [0.29, 0.717) is 0 Å². The molecule has 18 atom stereocenters. The number of fused-ring (bicyclic) bond motifs is 12. The Hall–Kier alpha value is -2.51. The van der Waals surface area contributed by atoms with Crippen LogP contribution in [0.25, 0.3) is 0 Å². The maximum absolute atomic E-state index is 6.51. The first kappa shape index (κ1) is 54.3. The third-order valence-corrected chi connectivity index (χ3v) is 32.4. The summed E-state index contributed by atoms with van der Waals surface area (Å²) >= 11 is 0. The molecule has 12 aliphatic rings. The van der Waals surface area contributed by atoms with E-state index in [-0.39, 0.29) is 0 Å². The summed E-state index contributed by atoms with van der Waals surface area (Å²) in [6.07, 6.45) is 50.8. The molecule has 0 spiro atoms. The first-order valence-corrected chi connectivity index (χ1v) is 39.5. The third kappa shape index (κ3) is 13.5. The van der Waals surface area contributed by atoms with Crippen LogP contribution in [0.15, 0.2) is 134 Å². The van der Waals surface area contributed by atoms with Gasteiger partial charge in [0.25, 0.3) is 0 Å². The molecule has 12 bridgehead atoms. The van der Waals surface area contributed by atoms with Crippen molar-refractivity contribution in [3.63, 3.8) is 0 Å². The van der Waals surface area contributed by atoms with Crippen molar-refractivity contribution in [3.05, 3.63) is 134 Å². The minimum atomic E-state index is -1.62. The Morgan fingerprint density at radius 3 is 1.00 bits per heavy atom. The maximum Gasteiger partial charge on any atom is 0.177 e. The fourth-order valence-electron chi connectivity index (χ4n) is 17.0. The number of benzene rings is 2. The van der Waals surface area contributed by atoms with E-state index in [2.05, 4.69) is 201 Å². The molecule has 0 radical (unpaired) electrons. The molecule has 0 aliphatic heterocycles. The molecule has 1 nitrogen and oxygen atoms in total. The van der Waals surface area contributed by atoms with Crippen molar-refractivity contribution in [3.8, 4) is 0 Å². The van der Waals surface area contributed by atoms with Crippen LogP contribution in [0.3, 0.4) is 0 Å². The lowest BCUT2D eigenvalue weighted by molar-refractivity contribution is 0.412. The van der Waals surface area contributed by atoms with E-state index in [1.54, 1.807) is 10.4 Å². The number of allylic oxidation sites excluding steroid dienone is 12. The molecule has 6 saturated carbocycles. The van der Waals surface area contributed by atoms with Crippen LogP contribution in [0.5, 0.6) is 0 Å². The molecule has 14 rings (SSSR count). The highest BCUT2D eigenvalue weighted by molar-refractivity contribution is 7.01. The summed E-state index contributed by atoms with van der Waals surface area (Å²) in [6.45, 7) is 23.8. The Morgan fingerprint density at radius 2 is 0.736 bits per heavy atom. The molecule has 392 valence electrons. The van der Waals surface area contributed by atoms with Crippen LogP contribution in [0.4, 0.5) is 0 Å². The van der Waals surface area contributed by atoms with Gasteiger partial charge in [0, 0.05) is 0 Å². The van der Waals surface area contributed by atoms with E-state index < -0.39 is 24.7 Å². The van der Waals surface area contributed by atoms with Crippen LogP contribution in [-0.4, -0.2) is 24.7 Å². The van der Waals surface area contributed by atoms with Gasteiger partial charge in [0.05, 0.1) is 0 Å². The van der Waals surface area contributed by atoms with Gasteiger partial charge in [0.2, 0.25) is 0 Å². The molecule has 4 heteroatoms. The maximum atomic E-state index is 6.51. The molecule has 0 N–H and O–H groups in total. The Kier molecular flexibility index (Phi) is 17.9. The summed E-state index contributed by atoms with van der Waals surface area (Å²) in [5, 5.41) is 3.18. The van der Waals surface area contributed by atoms with Gasteiger partial charge in [-0.2, -0.15) is 0 Å². The fourth-order valence-corrected chi connectivity index (χ4v) is 29.8. The highest BCUT2D eigenvalue weighted by Gasteiger charge is 2.48. The van der Waals surface area contributed by atoms with Crippen molar-refractivity contribution in [2.45, 2.75) is 175 Å². The van der Waals surface area contributed by atoms with Gasteiger partial charge in [-0.1, -0.05) is 197 Å². The topological polar surface area (TPSA) is 9.23 Å². The van der Waals surface area contributed by atoms with E-state index in [9.17, 15) is 0 Å². The van der Waals surface area contributed by atoms with Crippen LogP contribution in [-0.2, 0) is 4.12 Å². The predicted octanol–water partition coefficient (Wildman–Crippen LogP) is 18.1. The molecule has 2 aromatic rings. The standard InChI is InChI=1S/C22H26Si.C12H24OSi2.C10H16.3C8H12/c1-23(21-8-4-2-5-9-21,22-10-6-3-7-11-22)15-14-20-17-18-12-13-19(20)16-18;1-14(2,3)13-15(4,5)12-9-10-6-7-11(12)8-10;1-2-3-9-6-8-4-5-10(9)7-8;3*1-6-4-7-2-3-8(6)5-7/h2-13,18-20H,14-17H2,1H3;6-7,10-12H,8-9H2,1-5H3;4-5,8-10H,2-3,6-7H2,1H3;3*2-3,6-8H,4-5H2,1H3. The fraction of sp³-hybridized carbons (Fsp3) is 0.647. The number of rotatable bonds is 10. The van der Waals surface area contributed by atoms with Gasteiger partial charge in [-0.25, -0.2) is 0 Å². The van der Waals surface area contributed by atoms with E-state index in [1.807, 2.05) is 0 Å². The first-order valence-electron chi connectivity index (χ1n) is 30.4. The summed E-state index contributed by atoms with van der Waals surface area (Å²) in [5.74, 6) is 16.2. The van der Waals surface area contributed by atoms with Crippen LogP contribution in [0, 0.1) is 101 Å². The summed E-state index contributed by atoms with van der Waals surface area (Å²) in [4.78, 5) is 0. The quantitative estimate of drug-likeness (QED) is 0.170. The molecule has 0 saturated heterocycles. The van der Waals surface area contributed by atoms with Crippen molar-refractivity contribution in [1.82, 2.24) is 0 Å². The van der Waals surface area contributed by atoms with Crippen LogP contribution in [0.2, 0.25) is 50.9 Å². The van der Waals surface area contributed by atoms with Gasteiger partial charge in [-0.15, -0.1) is 0 Å². The minimum Gasteiger partial charge on any atom is -0.455 e. The van der Waals surface area contributed by atoms with Gasteiger partial charge in [0.1, 0.15) is 8.07 Å². The number of hydrogen-bond acceptors (Lipinski definition) is 1. The molecule has 18 unspecified atom stereocenters. The van der Waals surface area contributed by atoms with Crippen LogP contribution < -0.4 is 10.4 Å². The normalized spacial score (nSPS) is 38.5. The lowest BCUT2D eigenvalue weighted by atomic mass is 9.90. The van der Waals surface area contributed by atoms with Crippen molar-refractivity contribution in [1.29, 1.82) is 0 Å². The zero-order valence-corrected chi connectivity index (χ0v) is 50.3. The molecule has 6 fully saturated rings. The van der Waals surface area contributed by atoms with E-state index in [0.717, 1.165) is 106 Å². The average molecular weight is 1020 g/mol. The Morgan fingerprint density at radius 1 is 0.389 bits per heavy atom. The van der Waals surface area contributed by atoms with Crippen LogP contribution in [0.1, 0.15) is 124 Å². The zero-order valence-electron chi connectivity index (χ0n) is 47.3. The molecule has 0 aromatic heterocycles. The van der Waals surface area contributed by atoms with Crippen LogP contribution >= 0.6 is 0 Å². The molecule has 2 aromatic carbocycles. The molecule has 12 aliphatic carbocycles. The smallest absolute Gasteiger partial charge is 0.177 e. The number of hydrogen-bond donors (Lipinski definition) is 0. The Labute approximate surface area is 445 Å². The van der Waals surface area contributed by atoms with Gasteiger partial charge in [-0.05, 0) is 222 Å². The van der Waals surface area contributed by atoms with Crippen molar-refractivity contribution in [2.24, 2.45) is 101 Å². The molecular formula is C68H102OSi3. The lowest BCUT2D eigenvalue weighted by Gasteiger charge is -2.38. The second-order valence-electron chi connectivity index (χ2n) is 27.9. The predicted molar refractivity (Wildman–Crippen MR) is 320 cm³/mol. The summed E-state index contributed by atoms with van der Waals surface area (Å²) < 4.78 is 6.51. The summed E-state index contributed by atoms with van der Waals surface area (Å²) in [5.41, 5.74) is 0.888. The zero-order chi connectivity index (χ0) is 50.6. The summed E-state index contributed by atoms with van der Waals surface area (Å²) in [6, 6.07) is 24.0. The molecular weight excluding hydrogens is 917 g/mol. The van der Waals surface area contributed by atoms with E-state index in [1.165, 1.54) is 102 Å². The van der Waals surface area contributed by atoms with Gasteiger partial charge >= 0.3 is 0 Å². The second kappa shape index (κ2) is 23.8. The summed E-state index contributed by atoms with van der Waals surface area (Å²) in [7, 11) is -4.42. The Bertz CT molecular complexity index is 2090. The SMILES string of the molecule is CC1CC2C=CC1C2.CC1CC2C=CC1C2.CC1CC2C=CC1C2.CCCC1CC2C=CC1C2.C[Si](C)(C)O[Si](C)(C)C1CC2C=CC1C2.C[Si](CCC1CC2C=CC1C2)(c1ccccc1)c1ccccc1. The minimum absolute atomic E-state index is 0.855. The Balaban J connectivity index is 0.000000113. The van der Waals surface area contributed by atoms with Gasteiger partial charge < -0.3 is 4.12 Å². The molecule has 0 amide bonds. The lowest BCUT2D eigenvalue weighted by Crippen LogP contribution is -2.55. The third-order valence-electron chi connectivity index (χ3n) is 20.9. The van der Waals surface area contributed by atoms with Gasteiger partial charge in [0.15, 0.2) is 16.6 Å². The van der Waals surface area contributed by atoms with Crippen molar-refractivity contribution >= 4 is 35.1 Å². The highest BCUT2D eigenvalue weighted by atomic mass is 28.4. The average Bonchev–Trinajstić information content (AvgIpc) is 4.19. The highest BCUT2D eigenvalue weighted by Crippen LogP contribution is 2.53. The second-order valence-corrected chi connectivity index (χ2v) is 41.3. The monoisotopic (exact) mass is 1020 g/mol. The van der Waals surface area contributed by atoms with Gasteiger partial charge in [-0.3, -0.25) is 0 Å². The van der Waals surface area contributed by atoms with E-state index in [4.69, 9.17) is 4.12 Å². The van der Waals surface area contributed by atoms with Crippen molar-refractivity contribution < 1.29 is 4.12 Å². The first-order chi connectivity index (χ1) is 34.5. The molecule has 72 heavy (non-hydrogen) atoms. The van der Waals surface area contributed by atoms with E-state index >= 15 is 0 Å². The van der Waals surface area contributed by atoms with Crippen molar-refractivity contribution in [2.75, 3.05) is 0 Å². The largest absolute Gasteiger partial charge is 0.455 e. The molecule has 0 heterocycles.